The number of nitrogens with zero attached hydrogens (tertiary/aromatic N) is 1. The molecular formula is C14H28N2O. The number of hydrogen-bond acceptors (Lipinski definition) is 3. The van der Waals surface area contributed by atoms with E-state index in [1.807, 2.05) is 0 Å². The van der Waals surface area contributed by atoms with E-state index in [0.717, 1.165) is 12.5 Å². The van der Waals surface area contributed by atoms with Crippen LogP contribution in [0.2, 0.25) is 0 Å². The van der Waals surface area contributed by atoms with Gasteiger partial charge < -0.3 is 10.4 Å². The highest BCUT2D eigenvalue weighted by atomic mass is 16.3. The van der Waals surface area contributed by atoms with Crippen LogP contribution < -0.4 is 5.32 Å². The Bertz CT molecular complexity index is 216. The second-order valence-electron chi connectivity index (χ2n) is 5.85. The minimum absolute atomic E-state index is 0.347. The van der Waals surface area contributed by atoms with E-state index in [0.29, 0.717) is 18.6 Å². The first-order valence-corrected chi connectivity index (χ1v) is 7.35. The van der Waals surface area contributed by atoms with E-state index >= 15 is 0 Å². The molecule has 17 heavy (non-hydrogen) atoms. The summed E-state index contributed by atoms with van der Waals surface area (Å²) in [6, 6.07) is 1.45. The fourth-order valence-corrected chi connectivity index (χ4v) is 3.59. The van der Waals surface area contributed by atoms with Crippen LogP contribution in [0.4, 0.5) is 0 Å². The van der Waals surface area contributed by atoms with Gasteiger partial charge in [-0.2, -0.15) is 0 Å². The Morgan fingerprint density at radius 3 is 2.59 bits per heavy atom. The highest BCUT2D eigenvalue weighted by Gasteiger charge is 2.30. The van der Waals surface area contributed by atoms with Crippen molar-refractivity contribution in [1.29, 1.82) is 0 Å². The molecule has 2 unspecified atom stereocenters. The molecule has 0 amide bonds. The van der Waals surface area contributed by atoms with E-state index in [4.69, 9.17) is 5.11 Å². The summed E-state index contributed by atoms with van der Waals surface area (Å²) < 4.78 is 0. The van der Waals surface area contributed by atoms with Crippen molar-refractivity contribution in [3.63, 3.8) is 0 Å². The second-order valence-corrected chi connectivity index (χ2v) is 5.85. The molecule has 2 aliphatic rings. The summed E-state index contributed by atoms with van der Waals surface area (Å²) in [6.07, 6.45) is 9.25. The molecule has 0 aromatic carbocycles. The Balaban J connectivity index is 1.90. The summed E-state index contributed by atoms with van der Waals surface area (Å²) in [5.41, 5.74) is 0. The highest BCUT2D eigenvalue weighted by Crippen LogP contribution is 2.28. The molecule has 100 valence electrons. The third-order valence-corrected chi connectivity index (χ3v) is 4.60. The standard InChI is InChI=1S/C14H28N2O/c1-15-13-9-12(7-8-17)10-16(11-13)14-5-3-2-4-6-14/h12-15,17H,2-11H2,1H3. The molecule has 2 rings (SSSR count). The van der Waals surface area contributed by atoms with Gasteiger partial charge in [0.2, 0.25) is 0 Å². The average molecular weight is 240 g/mol. The molecular weight excluding hydrogens is 212 g/mol. The molecule has 0 radical (unpaired) electrons. The zero-order valence-electron chi connectivity index (χ0n) is 11.2. The van der Waals surface area contributed by atoms with Crippen molar-refractivity contribution >= 4 is 0 Å². The molecule has 1 aliphatic carbocycles. The molecule has 1 saturated heterocycles. The predicted molar refractivity (Wildman–Crippen MR) is 71.1 cm³/mol. The fourth-order valence-electron chi connectivity index (χ4n) is 3.59. The van der Waals surface area contributed by atoms with Crippen LogP contribution in [0.1, 0.15) is 44.9 Å². The average Bonchev–Trinajstić information content (AvgIpc) is 2.40. The number of rotatable bonds is 4. The van der Waals surface area contributed by atoms with Crippen LogP contribution in [0, 0.1) is 5.92 Å². The zero-order valence-corrected chi connectivity index (χ0v) is 11.2. The van der Waals surface area contributed by atoms with Gasteiger partial charge >= 0.3 is 0 Å². The van der Waals surface area contributed by atoms with Crippen molar-refractivity contribution in [3.8, 4) is 0 Å². The van der Waals surface area contributed by atoms with Gasteiger partial charge in [0, 0.05) is 31.8 Å². The van der Waals surface area contributed by atoms with Crippen LogP contribution in [0.15, 0.2) is 0 Å². The monoisotopic (exact) mass is 240 g/mol. The first-order valence-electron chi connectivity index (χ1n) is 7.35. The maximum absolute atomic E-state index is 9.14. The SMILES string of the molecule is CNC1CC(CCO)CN(C2CCCCC2)C1. The van der Waals surface area contributed by atoms with Crippen LogP contribution in [0.5, 0.6) is 0 Å². The lowest BCUT2D eigenvalue weighted by Crippen LogP contribution is -2.52. The number of hydrogen-bond donors (Lipinski definition) is 2. The van der Waals surface area contributed by atoms with Crippen LogP contribution in [-0.4, -0.2) is 48.8 Å². The van der Waals surface area contributed by atoms with Crippen molar-refractivity contribution in [2.24, 2.45) is 5.92 Å². The molecule has 0 bridgehead atoms. The fraction of sp³-hybridized carbons (Fsp3) is 1.00. The molecule has 3 nitrogen and oxygen atoms in total. The van der Waals surface area contributed by atoms with Gasteiger partial charge in [0.1, 0.15) is 0 Å². The Kier molecular flexibility index (Phi) is 5.26. The minimum atomic E-state index is 0.347. The third kappa shape index (κ3) is 3.67. The summed E-state index contributed by atoms with van der Waals surface area (Å²) in [5, 5.41) is 12.6. The van der Waals surface area contributed by atoms with Crippen LogP contribution >= 0.6 is 0 Å². The van der Waals surface area contributed by atoms with Crippen LogP contribution in [0.25, 0.3) is 0 Å². The summed E-state index contributed by atoms with van der Waals surface area (Å²) in [7, 11) is 2.07. The summed E-state index contributed by atoms with van der Waals surface area (Å²) in [6.45, 7) is 2.77. The number of piperidine rings is 1. The van der Waals surface area contributed by atoms with Crippen molar-refractivity contribution in [3.05, 3.63) is 0 Å². The lowest BCUT2D eigenvalue weighted by Gasteiger charge is -2.43. The summed E-state index contributed by atoms with van der Waals surface area (Å²) >= 11 is 0. The Hall–Kier alpha value is -0.120. The Morgan fingerprint density at radius 1 is 1.18 bits per heavy atom. The minimum Gasteiger partial charge on any atom is -0.396 e. The molecule has 1 heterocycles. The number of aliphatic hydroxyl groups is 1. The van der Waals surface area contributed by atoms with Crippen molar-refractivity contribution in [1.82, 2.24) is 10.2 Å². The molecule has 0 spiro atoms. The number of nitrogens with one attached hydrogen (secondary N) is 1. The Morgan fingerprint density at radius 2 is 1.94 bits per heavy atom. The molecule has 1 saturated carbocycles. The van der Waals surface area contributed by atoms with Gasteiger partial charge in [-0.05, 0) is 38.6 Å². The van der Waals surface area contributed by atoms with E-state index in [1.165, 1.54) is 51.6 Å². The molecule has 2 N–H and O–H groups in total. The van der Waals surface area contributed by atoms with Gasteiger partial charge in [-0.25, -0.2) is 0 Å². The number of likely N-dealkylation sites (tertiary alicyclic amines) is 1. The van der Waals surface area contributed by atoms with Crippen LogP contribution in [-0.2, 0) is 0 Å². The molecule has 2 fully saturated rings. The van der Waals surface area contributed by atoms with Crippen molar-refractivity contribution < 1.29 is 5.11 Å². The highest BCUT2D eigenvalue weighted by molar-refractivity contribution is 4.87. The van der Waals surface area contributed by atoms with E-state index in [9.17, 15) is 0 Å². The van der Waals surface area contributed by atoms with E-state index < -0.39 is 0 Å². The topological polar surface area (TPSA) is 35.5 Å². The third-order valence-electron chi connectivity index (χ3n) is 4.60. The zero-order chi connectivity index (χ0) is 12.1. The van der Waals surface area contributed by atoms with Crippen LogP contribution in [0.3, 0.4) is 0 Å². The van der Waals surface area contributed by atoms with Crippen molar-refractivity contribution in [2.45, 2.75) is 57.0 Å². The first-order chi connectivity index (χ1) is 8.33. The quantitative estimate of drug-likeness (QED) is 0.784. The molecule has 1 aliphatic heterocycles. The van der Waals surface area contributed by atoms with E-state index in [1.54, 1.807) is 0 Å². The summed E-state index contributed by atoms with van der Waals surface area (Å²) in [5.74, 6) is 0.688. The maximum Gasteiger partial charge on any atom is 0.0434 e. The second kappa shape index (κ2) is 6.72. The van der Waals surface area contributed by atoms with Crippen molar-refractivity contribution in [2.75, 3.05) is 26.7 Å². The van der Waals surface area contributed by atoms with Gasteiger partial charge in [-0.3, -0.25) is 4.90 Å². The lowest BCUT2D eigenvalue weighted by molar-refractivity contribution is 0.0697. The van der Waals surface area contributed by atoms with Gasteiger partial charge in [-0.15, -0.1) is 0 Å². The Labute approximate surface area is 106 Å². The molecule has 0 aromatic rings. The van der Waals surface area contributed by atoms with Gasteiger partial charge in [0.05, 0.1) is 0 Å². The maximum atomic E-state index is 9.14. The van der Waals surface area contributed by atoms with E-state index in [-0.39, 0.29) is 0 Å². The van der Waals surface area contributed by atoms with E-state index in [2.05, 4.69) is 17.3 Å². The first kappa shape index (κ1) is 13.3. The van der Waals surface area contributed by atoms with Gasteiger partial charge in [-0.1, -0.05) is 19.3 Å². The molecule has 0 aromatic heterocycles. The lowest BCUT2D eigenvalue weighted by atomic mass is 9.87. The molecule has 2 atom stereocenters. The van der Waals surface area contributed by atoms with Gasteiger partial charge in [0.25, 0.3) is 0 Å². The normalized spacial score (nSPS) is 32.8. The largest absolute Gasteiger partial charge is 0.396 e. The predicted octanol–water partition coefficient (Wildman–Crippen LogP) is 1.61. The smallest absolute Gasteiger partial charge is 0.0434 e. The number of aliphatic hydroxyl groups excluding tert-OH is 1. The van der Waals surface area contributed by atoms with Gasteiger partial charge in [0.15, 0.2) is 0 Å². The number of likely N-dealkylation sites (N-methyl/N-ethyl adjacent to an activating group) is 1. The summed E-state index contributed by atoms with van der Waals surface area (Å²) in [4.78, 5) is 2.70. The molecule has 3 heteroatoms.